The minimum Gasteiger partial charge on any atom is -0.480 e. The Labute approximate surface area is 132 Å². The highest BCUT2D eigenvalue weighted by atomic mass is 79.9. The van der Waals surface area contributed by atoms with E-state index in [0.29, 0.717) is 35.2 Å². The first kappa shape index (κ1) is 14.6. The third-order valence-electron chi connectivity index (χ3n) is 3.11. The fourth-order valence-electron chi connectivity index (χ4n) is 2.07. The van der Waals surface area contributed by atoms with Crippen LogP contribution >= 0.6 is 27.7 Å². The van der Waals surface area contributed by atoms with Crippen LogP contribution in [0.25, 0.3) is 11.7 Å². The van der Waals surface area contributed by atoms with Gasteiger partial charge in [0.15, 0.2) is 10.4 Å². The molecule has 112 valence electrons. The topological polar surface area (TPSA) is 92.6 Å². The van der Waals surface area contributed by atoms with Gasteiger partial charge in [-0.25, -0.2) is 0 Å². The summed E-state index contributed by atoms with van der Waals surface area (Å²) in [5, 5.41) is 17.1. The van der Waals surface area contributed by atoms with Crippen molar-refractivity contribution < 1.29 is 18.7 Å². The van der Waals surface area contributed by atoms with Crippen LogP contribution in [0.5, 0.6) is 0 Å². The van der Waals surface area contributed by atoms with Crippen molar-refractivity contribution in [2.75, 3.05) is 18.1 Å². The van der Waals surface area contributed by atoms with Crippen LogP contribution in [0.15, 0.2) is 25.6 Å². The quantitative estimate of drug-likeness (QED) is 0.870. The van der Waals surface area contributed by atoms with Gasteiger partial charge in [0.25, 0.3) is 5.89 Å². The minimum atomic E-state index is -0.822. The van der Waals surface area contributed by atoms with Crippen LogP contribution in [0.4, 0.5) is 0 Å². The Morgan fingerprint density at radius 3 is 3.05 bits per heavy atom. The second kappa shape index (κ2) is 6.20. The molecule has 1 aliphatic heterocycles. The van der Waals surface area contributed by atoms with Crippen LogP contribution in [0.2, 0.25) is 0 Å². The average Bonchev–Trinajstić information content (AvgIpc) is 3.08. The van der Waals surface area contributed by atoms with Crippen molar-refractivity contribution in [3.63, 3.8) is 0 Å². The number of furan rings is 1. The molecule has 1 atom stereocenters. The summed E-state index contributed by atoms with van der Waals surface area (Å²) in [4.78, 5) is 13.1. The van der Waals surface area contributed by atoms with E-state index in [1.165, 1.54) is 0 Å². The fourth-order valence-corrected chi connectivity index (χ4v) is 3.49. The number of thioether (sulfide) groups is 1. The maximum Gasteiger partial charge on any atom is 0.321 e. The largest absolute Gasteiger partial charge is 0.480 e. The van der Waals surface area contributed by atoms with Crippen molar-refractivity contribution in [1.29, 1.82) is 0 Å². The first-order chi connectivity index (χ1) is 10.1. The maximum absolute atomic E-state index is 11.2. The molecule has 0 saturated carbocycles. The predicted octanol–water partition coefficient (Wildman–Crippen LogP) is 2.09. The molecule has 0 aliphatic carbocycles. The zero-order valence-corrected chi connectivity index (χ0v) is 13.3. The molecule has 1 unspecified atom stereocenters. The third-order valence-corrected chi connectivity index (χ3v) is 4.56. The van der Waals surface area contributed by atoms with Crippen LogP contribution in [-0.4, -0.2) is 50.3 Å². The van der Waals surface area contributed by atoms with Gasteiger partial charge in [-0.1, -0.05) is 0 Å². The average molecular weight is 374 g/mol. The second-order valence-electron chi connectivity index (χ2n) is 4.50. The Morgan fingerprint density at radius 2 is 2.33 bits per heavy atom. The Kier molecular flexibility index (Phi) is 4.32. The Balaban J connectivity index is 1.73. The molecule has 1 aliphatic rings. The van der Waals surface area contributed by atoms with Gasteiger partial charge in [-0.15, -0.1) is 10.2 Å². The molecule has 3 heterocycles. The smallest absolute Gasteiger partial charge is 0.321 e. The molecule has 0 spiro atoms. The molecule has 0 bridgehead atoms. The van der Waals surface area contributed by atoms with Crippen molar-refractivity contribution in [2.24, 2.45) is 0 Å². The molecule has 1 saturated heterocycles. The lowest BCUT2D eigenvalue weighted by molar-refractivity contribution is -0.142. The number of aromatic nitrogens is 2. The van der Waals surface area contributed by atoms with Gasteiger partial charge in [0.2, 0.25) is 5.89 Å². The van der Waals surface area contributed by atoms with Crippen LogP contribution in [0.1, 0.15) is 5.89 Å². The lowest BCUT2D eigenvalue weighted by Crippen LogP contribution is -2.46. The Bertz CT molecular complexity index is 644. The van der Waals surface area contributed by atoms with Crippen LogP contribution < -0.4 is 0 Å². The number of rotatable bonds is 4. The van der Waals surface area contributed by atoms with Crippen LogP contribution in [-0.2, 0) is 11.3 Å². The van der Waals surface area contributed by atoms with Crippen LogP contribution in [0.3, 0.4) is 0 Å². The van der Waals surface area contributed by atoms with E-state index >= 15 is 0 Å². The lowest BCUT2D eigenvalue weighted by Gasteiger charge is -2.31. The molecular formula is C12H12BrN3O4S. The normalized spacial score (nSPS) is 19.8. The molecular weight excluding hydrogens is 362 g/mol. The van der Waals surface area contributed by atoms with Gasteiger partial charge in [-0.05, 0) is 28.1 Å². The molecule has 7 nitrogen and oxygen atoms in total. The Morgan fingerprint density at radius 1 is 1.48 bits per heavy atom. The minimum absolute atomic E-state index is 0.286. The highest BCUT2D eigenvalue weighted by molar-refractivity contribution is 9.10. The summed E-state index contributed by atoms with van der Waals surface area (Å²) in [5.41, 5.74) is 0. The summed E-state index contributed by atoms with van der Waals surface area (Å²) in [6.45, 7) is 1.01. The van der Waals surface area contributed by atoms with E-state index in [-0.39, 0.29) is 5.89 Å². The molecule has 1 N–H and O–H groups in total. The summed E-state index contributed by atoms with van der Waals surface area (Å²) in [6, 6.07) is 2.94. The summed E-state index contributed by atoms with van der Waals surface area (Å²) >= 11 is 4.85. The molecule has 3 rings (SSSR count). The summed E-state index contributed by atoms with van der Waals surface area (Å²) in [7, 11) is 0. The highest BCUT2D eigenvalue weighted by Crippen LogP contribution is 2.25. The van der Waals surface area contributed by atoms with Crippen molar-refractivity contribution in [1.82, 2.24) is 15.1 Å². The van der Waals surface area contributed by atoms with Gasteiger partial charge in [-0.3, -0.25) is 9.69 Å². The third kappa shape index (κ3) is 3.30. The van der Waals surface area contributed by atoms with Gasteiger partial charge in [0, 0.05) is 18.1 Å². The maximum atomic E-state index is 11.2. The van der Waals surface area contributed by atoms with E-state index < -0.39 is 12.0 Å². The molecule has 9 heteroatoms. The van der Waals surface area contributed by atoms with Gasteiger partial charge in [0.05, 0.1) is 6.54 Å². The number of nitrogens with zero attached hydrogens (tertiary/aromatic N) is 3. The van der Waals surface area contributed by atoms with Crippen molar-refractivity contribution >= 4 is 33.7 Å². The van der Waals surface area contributed by atoms with Crippen molar-refractivity contribution in [3.8, 4) is 11.7 Å². The van der Waals surface area contributed by atoms with E-state index in [9.17, 15) is 9.90 Å². The standard InChI is InChI=1S/C12H12BrN3O4S/c13-9-2-1-8(19-9)11-15-14-10(20-11)5-16-3-4-21-6-7(16)12(17)18/h1-2,7H,3-6H2,(H,17,18). The number of carboxylic acids is 1. The van der Waals surface area contributed by atoms with Gasteiger partial charge >= 0.3 is 5.97 Å². The molecule has 1 fully saturated rings. The SMILES string of the molecule is O=C(O)C1CSCCN1Cc1nnc(-c2ccc(Br)o2)o1. The predicted molar refractivity (Wildman–Crippen MR) is 78.9 cm³/mol. The van der Waals surface area contributed by atoms with Crippen molar-refractivity contribution in [3.05, 3.63) is 22.7 Å². The van der Waals surface area contributed by atoms with E-state index in [1.807, 2.05) is 4.90 Å². The molecule has 21 heavy (non-hydrogen) atoms. The number of carboxylic acid groups (broad SMARTS) is 1. The van der Waals surface area contributed by atoms with Gasteiger partial charge in [-0.2, -0.15) is 11.8 Å². The van der Waals surface area contributed by atoms with E-state index in [4.69, 9.17) is 8.83 Å². The van der Waals surface area contributed by atoms with Gasteiger partial charge in [0.1, 0.15) is 6.04 Å². The molecule has 2 aromatic rings. The number of halogens is 1. The van der Waals surface area contributed by atoms with E-state index in [0.717, 1.165) is 5.75 Å². The molecule has 2 aromatic heterocycles. The number of hydrogen-bond donors (Lipinski definition) is 1. The summed E-state index contributed by atoms with van der Waals surface area (Å²) < 4.78 is 11.5. The first-order valence-corrected chi connectivity index (χ1v) is 8.21. The monoisotopic (exact) mass is 373 g/mol. The van der Waals surface area contributed by atoms with E-state index in [2.05, 4.69) is 26.1 Å². The molecule has 0 amide bonds. The van der Waals surface area contributed by atoms with Crippen molar-refractivity contribution in [2.45, 2.75) is 12.6 Å². The van der Waals surface area contributed by atoms with Gasteiger partial charge < -0.3 is 13.9 Å². The summed E-state index contributed by atoms with van der Waals surface area (Å²) in [5.74, 6) is 1.79. The zero-order valence-electron chi connectivity index (χ0n) is 10.9. The number of hydrogen-bond acceptors (Lipinski definition) is 7. The van der Waals surface area contributed by atoms with E-state index in [1.54, 1.807) is 23.9 Å². The van der Waals surface area contributed by atoms with Crippen LogP contribution in [0, 0.1) is 0 Å². The molecule has 0 aromatic carbocycles. The number of carbonyl (C=O) groups is 1. The molecule has 0 radical (unpaired) electrons. The Hall–Kier alpha value is -1.32. The lowest BCUT2D eigenvalue weighted by atomic mass is 10.2. The summed E-state index contributed by atoms with van der Waals surface area (Å²) in [6.07, 6.45) is 0. The highest BCUT2D eigenvalue weighted by Gasteiger charge is 2.30. The first-order valence-electron chi connectivity index (χ1n) is 6.26. The number of aliphatic carboxylic acids is 1. The fraction of sp³-hybridized carbons (Fsp3) is 0.417. The second-order valence-corrected chi connectivity index (χ2v) is 6.44. The zero-order chi connectivity index (χ0) is 14.8.